The van der Waals surface area contributed by atoms with Gasteiger partial charge in [-0.05, 0) is 25.1 Å². The van der Waals surface area contributed by atoms with Crippen molar-refractivity contribution in [2.45, 2.75) is 13.1 Å². The molecule has 0 saturated carbocycles. The number of carbonyl (C=O) groups excluding carboxylic acids is 2. The molecule has 0 heterocycles. The number of Topliss-reactive ketones (excluding diaryl/α,β-unsaturated/α-hetero) is 1. The van der Waals surface area contributed by atoms with E-state index in [0.717, 1.165) is 26.2 Å². The standard InChI is InChI=1S/C11H9F3O3/c1-6(15)8-4-3-7(10(16)17-2)5-9(8)11(12,13)14/h3-5H,1-2H3. The molecule has 0 bridgehead atoms. The van der Waals surface area contributed by atoms with Gasteiger partial charge < -0.3 is 4.74 Å². The lowest BCUT2D eigenvalue weighted by atomic mass is 10.0. The van der Waals surface area contributed by atoms with Crippen molar-refractivity contribution in [1.29, 1.82) is 0 Å². The van der Waals surface area contributed by atoms with Crippen LogP contribution in [0.1, 0.15) is 33.2 Å². The Kier molecular flexibility index (Phi) is 3.55. The van der Waals surface area contributed by atoms with Crippen LogP contribution >= 0.6 is 0 Å². The normalized spacial score (nSPS) is 11.1. The van der Waals surface area contributed by atoms with Crippen molar-refractivity contribution >= 4 is 11.8 Å². The molecule has 1 aromatic carbocycles. The third kappa shape index (κ3) is 2.83. The van der Waals surface area contributed by atoms with Crippen LogP contribution in [0.15, 0.2) is 18.2 Å². The van der Waals surface area contributed by atoms with Gasteiger partial charge in [0.15, 0.2) is 5.78 Å². The van der Waals surface area contributed by atoms with Crippen LogP contribution in [0.2, 0.25) is 0 Å². The average Bonchev–Trinajstić information content (AvgIpc) is 2.25. The molecule has 0 saturated heterocycles. The molecule has 1 aromatic rings. The SMILES string of the molecule is COC(=O)c1ccc(C(C)=O)c(C(F)(F)F)c1. The van der Waals surface area contributed by atoms with Crippen LogP contribution in [0.25, 0.3) is 0 Å². The van der Waals surface area contributed by atoms with Gasteiger partial charge in [0.25, 0.3) is 0 Å². The zero-order chi connectivity index (χ0) is 13.2. The van der Waals surface area contributed by atoms with Gasteiger partial charge in [-0.15, -0.1) is 0 Å². The highest BCUT2D eigenvalue weighted by atomic mass is 19.4. The number of halogens is 3. The van der Waals surface area contributed by atoms with Gasteiger partial charge in [-0.1, -0.05) is 0 Å². The number of methoxy groups -OCH3 is 1. The minimum absolute atomic E-state index is 0.246. The van der Waals surface area contributed by atoms with E-state index in [-0.39, 0.29) is 5.56 Å². The van der Waals surface area contributed by atoms with Crippen molar-refractivity contribution in [3.8, 4) is 0 Å². The molecule has 0 aliphatic rings. The maximum atomic E-state index is 12.7. The Balaban J connectivity index is 3.40. The van der Waals surface area contributed by atoms with Crippen molar-refractivity contribution in [2.24, 2.45) is 0 Å². The van der Waals surface area contributed by atoms with E-state index in [1.807, 2.05) is 0 Å². The molecule has 0 fully saturated rings. The van der Waals surface area contributed by atoms with Gasteiger partial charge in [0.05, 0.1) is 18.2 Å². The average molecular weight is 246 g/mol. The Bertz CT molecular complexity index is 464. The van der Waals surface area contributed by atoms with Crippen LogP contribution in [0.4, 0.5) is 13.2 Å². The van der Waals surface area contributed by atoms with Crippen LogP contribution in [-0.2, 0) is 10.9 Å². The summed E-state index contributed by atoms with van der Waals surface area (Å²) in [6, 6.07) is 2.71. The largest absolute Gasteiger partial charge is 0.465 e. The molecule has 17 heavy (non-hydrogen) atoms. The van der Waals surface area contributed by atoms with Crippen LogP contribution in [-0.4, -0.2) is 18.9 Å². The number of hydrogen-bond acceptors (Lipinski definition) is 3. The molecular weight excluding hydrogens is 237 g/mol. The van der Waals surface area contributed by atoms with E-state index in [9.17, 15) is 22.8 Å². The molecule has 0 radical (unpaired) electrons. The van der Waals surface area contributed by atoms with Gasteiger partial charge >= 0.3 is 12.1 Å². The summed E-state index contributed by atoms with van der Waals surface area (Å²) >= 11 is 0. The summed E-state index contributed by atoms with van der Waals surface area (Å²) in [6.07, 6.45) is -4.69. The highest BCUT2D eigenvalue weighted by Crippen LogP contribution is 2.33. The number of carbonyl (C=O) groups is 2. The maximum absolute atomic E-state index is 12.7. The zero-order valence-electron chi connectivity index (χ0n) is 9.09. The molecule has 0 atom stereocenters. The van der Waals surface area contributed by atoms with E-state index in [1.54, 1.807) is 0 Å². The van der Waals surface area contributed by atoms with E-state index < -0.39 is 29.1 Å². The molecule has 0 N–H and O–H groups in total. The van der Waals surface area contributed by atoms with Gasteiger partial charge in [-0.25, -0.2) is 4.79 Å². The van der Waals surface area contributed by atoms with Gasteiger partial charge in [0.1, 0.15) is 0 Å². The van der Waals surface area contributed by atoms with Crippen molar-refractivity contribution in [2.75, 3.05) is 7.11 Å². The number of rotatable bonds is 2. The first kappa shape index (κ1) is 13.2. The molecule has 0 aromatic heterocycles. The minimum Gasteiger partial charge on any atom is -0.465 e. The van der Waals surface area contributed by atoms with Crippen molar-refractivity contribution in [3.05, 3.63) is 34.9 Å². The fourth-order valence-electron chi connectivity index (χ4n) is 1.33. The van der Waals surface area contributed by atoms with Crippen molar-refractivity contribution in [3.63, 3.8) is 0 Å². The Morgan fingerprint density at radius 2 is 1.82 bits per heavy atom. The molecular formula is C11H9F3O3. The van der Waals surface area contributed by atoms with E-state index in [1.165, 1.54) is 0 Å². The van der Waals surface area contributed by atoms with Gasteiger partial charge in [-0.3, -0.25) is 4.79 Å². The quantitative estimate of drug-likeness (QED) is 0.595. The topological polar surface area (TPSA) is 43.4 Å². The molecule has 0 aliphatic carbocycles. The number of ether oxygens (including phenoxy) is 1. The van der Waals surface area contributed by atoms with Crippen molar-refractivity contribution in [1.82, 2.24) is 0 Å². The fraction of sp³-hybridized carbons (Fsp3) is 0.273. The predicted molar refractivity (Wildman–Crippen MR) is 52.8 cm³/mol. The summed E-state index contributed by atoms with van der Waals surface area (Å²) in [7, 11) is 1.06. The van der Waals surface area contributed by atoms with Crippen molar-refractivity contribution < 1.29 is 27.5 Å². The van der Waals surface area contributed by atoms with Gasteiger partial charge in [0, 0.05) is 5.56 Å². The first-order valence-corrected chi connectivity index (χ1v) is 4.58. The highest BCUT2D eigenvalue weighted by Gasteiger charge is 2.35. The minimum atomic E-state index is -4.69. The van der Waals surface area contributed by atoms with E-state index in [0.29, 0.717) is 6.07 Å². The molecule has 6 heteroatoms. The number of alkyl halides is 3. The summed E-state index contributed by atoms with van der Waals surface area (Å²) in [5.41, 5.74) is -1.84. The second kappa shape index (κ2) is 4.57. The molecule has 92 valence electrons. The van der Waals surface area contributed by atoms with Crippen LogP contribution in [0.3, 0.4) is 0 Å². The smallest absolute Gasteiger partial charge is 0.417 e. The predicted octanol–water partition coefficient (Wildman–Crippen LogP) is 2.69. The van der Waals surface area contributed by atoms with E-state index in [4.69, 9.17) is 0 Å². The lowest BCUT2D eigenvalue weighted by Gasteiger charge is -2.12. The number of esters is 1. The Labute approximate surface area is 95.2 Å². The number of hydrogen-bond donors (Lipinski definition) is 0. The summed E-state index contributed by atoms with van der Waals surface area (Å²) in [6.45, 7) is 1.03. The first-order chi connectivity index (χ1) is 7.77. The highest BCUT2D eigenvalue weighted by molar-refractivity contribution is 5.97. The monoisotopic (exact) mass is 246 g/mol. The van der Waals surface area contributed by atoms with Crippen LogP contribution in [0, 0.1) is 0 Å². The summed E-state index contributed by atoms with van der Waals surface area (Å²) in [5.74, 6) is -1.60. The number of benzene rings is 1. The van der Waals surface area contributed by atoms with Gasteiger partial charge in [0.2, 0.25) is 0 Å². The number of ketones is 1. The van der Waals surface area contributed by atoms with Gasteiger partial charge in [-0.2, -0.15) is 13.2 Å². The Hall–Kier alpha value is -1.85. The molecule has 1 rings (SSSR count). The lowest BCUT2D eigenvalue weighted by molar-refractivity contribution is -0.137. The molecule has 0 unspecified atom stereocenters. The van der Waals surface area contributed by atoms with Crippen LogP contribution in [0.5, 0.6) is 0 Å². The molecule has 0 amide bonds. The Morgan fingerprint density at radius 3 is 2.24 bits per heavy atom. The fourth-order valence-corrected chi connectivity index (χ4v) is 1.33. The second-order valence-corrected chi connectivity index (χ2v) is 3.31. The second-order valence-electron chi connectivity index (χ2n) is 3.31. The first-order valence-electron chi connectivity index (χ1n) is 4.58. The molecule has 0 spiro atoms. The summed E-state index contributed by atoms with van der Waals surface area (Å²) in [5, 5.41) is 0. The summed E-state index contributed by atoms with van der Waals surface area (Å²) in [4.78, 5) is 22.1. The van der Waals surface area contributed by atoms with E-state index >= 15 is 0 Å². The zero-order valence-corrected chi connectivity index (χ0v) is 9.09. The lowest BCUT2D eigenvalue weighted by Crippen LogP contribution is -2.14. The Morgan fingerprint density at radius 1 is 1.24 bits per heavy atom. The summed E-state index contributed by atoms with van der Waals surface area (Å²) < 4.78 is 42.3. The van der Waals surface area contributed by atoms with Crippen LogP contribution < -0.4 is 0 Å². The third-order valence-corrected chi connectivity index (χ3v) is 2.13. The third-order valence-electron chi connectivity index (χ3n) is 2.13. The molecule has 0 aliphatic heterocycles. The maximum Gasteiger partial charge on any atom is 0.417 e. The van der Waals surface area contributed by atoms with E-state index in [2.05, 4.69) is 4.74 Å². The molecule has 3 nitrogen and oxygen atoms in total.